The highest BCUT2D eigenvalue weighted by Crippen LogP contribution is 2.27. The Bertz CT molecular complexity index is 731. The second kappa shape index (κ2) is 7.37. The first-order valence-corrected chi connectivity index (χ1v) is 8.49. The first-order chi connectivity index (χ1) is 11.3. The summed E-state index contributed by atoms with van der Waals surface area (Å²) in [5.41, 5.74) is 5.21. The van der Waals surface area contributed by atoms with Crippen molar-refractivity contribution < 1.29 is 4.79 Å². The largest absolute Gasteiger partial charge is 0.311 e. The molecule has 0 aliphatic carbocycles. The number of nitrogens with zero attached hydrogens (tertiary/aromatic N) is 2. The molecule has 0 saturated heterocycles. The maximum Gasteiger partial charge on any atom is 0.241 e. The molecule has 0 atom stereocenters. The molecule has 2 heterocycles. The molecule has 4 rings (SSSR count). The van der Waals surface area contributed by atoms with Gasteiger partial charge in [0.05, 0.1) is 6.54 Å². The lowest BCUT2D eigenvalue weighted by molar-refractivity contribution is -0.120. The van der Waals surface area contributed by atoms with E-state index in [1.54, 1.807) is 0 Å². The highest BCUT2D eigenvalue weighted by atomic mass is 35.5. The van der Waals surface area contributed by atoms with E-state index in [9.17, 15) is 4.79 Å². The average Bonchev–Trinajstić information content (AvgIpc) is 2.61. The predicted octanol–water partition coefficient (Wildman–Crippen LogP) is 3.45. The van der Waals surface area contributed by atoms with Crippen LogP contribution in [0.3, 0.4) is 0 Å². The van der Waals surface area contributed by atoms with E-state index in [4.69, 9.17) is 0 Å². The summed E-state index contributed by atoms with van der Waals surface area (Å²) in [7, 11) is 0. The maximum atomic E-state index is 12.8. The van der Waals surface area contributed by atoms with Gasteiger partial charge in [0.25, 0.3) is 0 Å². The van der Waals surface area contributed by atoms with Gasteiger partial charge in [0.2, 0.25) is 5.91 Å². The molecule has 0 N–H and O–H groups in total. The number of para-hydroxylation sites is 1. The lowest BCUT2D eigenvalue weighted by atomic mass is 9.99. The minimum Gasteiger partial charge on any atom is -0.311 e. The molecule has 24 heavy (non-hydrogen) atoms. The van der Waals surface area contributed by atoms with Gasteiger partial charge >= 0.3 is 0 Å². The number of amides is 1. The Balaban J connectivity index is 0.00000169. The fraction of sp³-hybridized carbons (Fsp3) is 0.350. The summed E-state index contributed by atoms with van der Waals surface area (Å²) in [5.74, 6) is 0.233. The van der Waals surface area contributed by atoms with Gasteiger partial charge in [0.1, 0.15) is 0 Å². The number of anilines is 1. The molecule has 2 aliphatic rings. The van der Waals surface area contributed by atoms with Crippen LogP contribution in [0.25, 0.3) is 0 Å². The molecule has 0 spiro atoms. The van der Waals surface area contributed by atoms with Gasteiger partial charge in [-0.2, -0.15) is 0 Å². The monoisotopic (exact) mass is 342 g/mol. The van der Waals surface area contributed by atoms with Crippen molar-refractivity contribution in [3.05, 3.63) is 65.2 Å². The Labute approximate surface area is 149 Å². The number of aryl methyl sites for hydroxylation is 1. The second-order valence-corrected chi connectivity index (χ2v) is 6.51. The zero-order chi connectivity index (χ0) is 15.6. The number of rotatable bonds is 2. The zero-order valence-electron chi connectivity index (χ0n) is 13.8. The fourth-order valence-corrected chi connectivity index (χ4v) is 3.76. The number of benzene rings is 2. The topological polar surface area (TPSA) is 23.6 Å². The van der Waals surface area contributed by atoms with Crippen molar-refractivity contribution in [2.45, 2.75) is 25.8 Å². The number of carbonyl (C=O) groups excluding carboxylic acids is 1. The minimum absolute atomic E-state index is 0. The van der Waals surface area contributed by atoms with Crippen LogP contribution in [0.4, 0.5) is 5.69 Å². The van der Waals surface area contributed by atoms with E-state index >= 15 is 0 Å². The molecule has 2 aliphatic heterocycles. The van der Waals surface area contributed by atoms with Gasteiger partial charge in [-0.15, -0.1) is 12.4 Å². The van der Waals surface area contributed by atoms with Crippen LogP contribution in [0, 0.1) is 0 Å². The van der Waals surface area contributed by atoms with Crippen LogP contribution >= 0.6 is 12.4 Å². The van der Waals surface area contributed by atoms with Crippen molar-refractivity contribution in [1.82, 2.24) is 4.90 Å². The van der Waals surface area contributed by atoms with Crippen molar-refractivity contribution >= 4 is 24.0 Å². The zero-order valence-corrected chi connectivity index (χ0v) is 14.6. The van der Waals surface area contributed by atoms with Crippen LogP contribution in [0.1, 0.15) is 23.1 Å². The van der Waals surface area contributed by atoms with Gasteiger partial charge in [-0.05, 0) is 42.0 Å². The van der Waals surface area contributed by atoms with Gasteiger partial charge in [0, 0.05) is 25.3 Å². The van der Waals surface area contributed by atoms with Crippen molar-refractivity contribution in [1.29, 1.82) is 0 Å². The standard InChI is InChI=1S/C20H22N2O.ClH/c23-20(22-12-5-9-17-7-3-4-10-19(17)22)15-21-13-11-16-6-1-2-8-18(16)14-21;/h1-4,6-8,10H,5,9,11-15H2;1H. The molecule has 0 saturated carbocycles. The fourth-order valence-electron chi connectivity index (χ4n) is 3.76. The van der Waals surface area contributed by atoms with Gasteiger partial charge in [-0.3, -0.25) is 9.69 Å². The summed E-state index contributed by atoms with van der Waals surface area (Å²) >= 11 is 0. The summed E-state index contributed by atoms with van der Waals surface area (Å²) < 4.78 is 0. The van der Waals surface area contributed by atoms with Crippen LogP contribution in [-0.4, -0.2) is 30.4 Å². The molecule has 4 heteroatoms. The van der Waals surface area contributed by atoms with Gasteiger partial charge in [-0.25, -0.2) is 0 Å². The molecule has 126 valence electrons. The van der Waals surface area contributed by atoms with E-state index in [1.165, 1.54) is 16.7 Å². The smallest absolute Gasteiger partial charge is 0.241 e. The molecule has 2 aromatic rings. The molecule has 0 fully saturated rings. The third-order valence-corrected chi connectivity index (χ3v) is 4.98. The average molecular weight is 343 g/mol. The second-order valence-electron chi connectivity index (χ2n) is 6.51. The molecular formula is C20H23ClN2O. The van der Waals surface area contributed by atoms with Crippen molar-refractivity contribution in [2.24, 2.45) is 0 Å². The van der Waals surface area contributed by atoms with Crippen molar-refractivity contribution in [2.75, 3.05) is 24.5 Å². The first kappa shape index (κ1) is 17.0. The van der Waals surface area contributed by atoms with Crippen molar-refractivity contribution in [3.63, 3.8) is 0 Å². The summed E-state index contributed by atoms with van der Waals surface area (Å²) in [5, 5.41) is 0. The quantitative estimate of drug-likeness (QED) is 0.834. The van der Waals surface area contributed by atoms with Crippen LogP contribution < -0.4 is 4.90 Å². The summed E-state index contributed by atoms with van der Waals surface area (Å²) in [4.78, 5) is 17.1. The van der Waals surface area contributed by atoms with E-state index in [2.05, 4.69) is 47.4 Å². The van der Waals surface area contributed by atoms with E-state index in [1.807, 2.05) is 11.0 Å². The molecule has 2 aromatic carbocycles. The minimum atomic E-state index is 0. The highest BCUT2D eigenvalue weighted by molar-refractivity contribution is 5.96. The van der Waals surface area contributed by atoms with E-state index < -0.39 is 0 Å². The van der Waals surface area contributed by atoms with Gasteiger partial charge in [-0.1, -0.05) is 42.5 Å². The van der Waals surface area contributed by atoms with Crippen LogP contribution in [-0.2, 0) is 24.2 Å². The highest BCUT2D eigenvalue weighted by Gasteiger charge is 2.25. The lowest BCUT2D eigenvalue weighted by Gasteiger charge is -2.33. The SMILES string of the molecule is Cl.O=C(CN1CCc2ccccc2C1)N1CCCc2ccccc21. The van der Waals surface area contributed by atoms with Crippen molar-refractivity contribution in [3.8, 4) is 0 Å². The maximum absolute atomic E-state index is 12.8. The Hall–Kier alpha value is -1.84. The Morgan fingerprint density at radius 3 is 2.42 bits per heavy atom. The Kier molecular flexibility index (Phi) is 5.22. The molecule has 0 radical (unpaired) electrons. The molecule has 3 nitrogen and oxygen atoms in total. The summed E-state index contributed by atoms with van der Waals surface area (Å²) in [6.45, 7) is 3.22. The van der Waals surface area contributed by atoms with Gasteiger partial charge in [0.15, 0.2) is 0 Å². The number of fused-ring (bicyclic) bond motifs is 2. The van der Waals surface area contributed by atoms with E-state index in [0.29, 0.717) is 6.54 Å². The van der Waals surface area contributed by atoms with Crippen LogP contribution in [0.2, 0.25) is 0 Å². The molecule has 0 aromatic heterocycles. The molecule has 0 bridgehead atoms. The molecule has 1 amide bonds. The summed E-state index contributed by atoms with van der Waals surface area (Å²) in [6.07, 6.45) is 3.18. The predicted molar refractivity (Wildman–Crippen MR) is 99.8 cm³/mol. The normalized spacial score (nSPS) is 16.8. The number of carbonyl (C=O) groups is 1. The first-order valence-electron chi connectivity index (χ1n) is 8.49. The third kappa shape index (κ3) is 3.33. The van der Waals surface area contributed by atoms with Crippen LogP contribution in [0.5, 0.6) is 0 Å². The Morgan fingerprint density at radius 2 is 1.58 bits per heavy atom. The molecular weight excluding hydrogens is 320 g/mol. The van der Waals surface area contributed by atoms with E-state index in [0.717, 1.165) is 44.6 Å². The van der Waals surface area contributed by atoms with Crippen LogP contribution in [0.15, 0.2) is 48.5 Å². The number of hydrogen-bond donors (Lipinski definition) is 0. The number of hydrogen-bond acceptors (Lipinski definition) is 2. The summed E-state index contributed by atoms with van der Waals surface area (Å²) in [6, 6.07) is 16.9. The lowest BCUT2D eigenvalue weighted by Crippen LogP contribution is -2.44. The number of halogens is 1. The Morgan fingerprint density at radius 1 is 0.875 bits per heavy atom. The third-order valence-electron chi connectivity index (χ3n) is 4.98. The van der Waals surface area contributed by atoms with Gasteiger partial charge < -0.3 is 4.90 Å². The van der Waals surface area contributed by atoms with E-state index in [-0.39, 0.29) is 18.3 Å². The molecule has 0 unspecified atom stereocenters.